The van der Waals surface area contributed by atoms with Gasteiger partial charge in [-0.25, -0.2) is 0 Å². The van der Waals surface area contributed by atoms with Crippen LogP contribution in [0.4, 0.5) is 0 Å². The third kappa shape index (κ3) is 3.32. The Hall–Kier alpha value is -1.10. The van der Waals surface area contributed by atoms with Gasteiger partial charge in [-0.1, -0.05) is 26.2 Å². The van der Waals surface area contributed by atoms with E-state index in [1.54, 1.807) is 0 Å². The fraction of sp³-hybridized carbons (Fsp3) is 0.867. The number of rotatable bonds is 5. The predicted octanol–water partition coefficient (Wildman–Crippen LogP) is 1.53. The van der Waals surface area contributed by atoms with Crippen LogP contribution in [0.25, 0.3) is 0 Å². The summed E-state index contributed by atoms with van der Waals surface area (Å²) in [6.07, 6.45) is 6.34. The van der Waals surface area contributed by atoms with Gasteiger partial charge in [-0.15, -0.1) is 0 Å². The first-order chi connectivity index (χ1) is 9.57. The lowest BCUT2D eigenvalue weighted by molar-refractivity contribution is -0.148. The van der Waals surface area contributed by atoms with Crippen molar-refractivity contribution < 1.29 is 14.7 Å². The lowest BCUT2D eigenvalue weighted by Crippen LogP contribution is -2.51. The van der Waals surface area contributed by atoms with Gasteiger partial charge in [-0.05, 0) is 38.1 Å². The van der Waals surface area contributed by atoms with Crippen LogP contribution in [0, 0.1) is 11.3 Å². The zero-order valence-corrected chi connectivity index (χ0v) is 12.3. The van der Waals surface area contributed by atoms with Crippen molar-refractivity contribution in [3.05, 3.63) is 0 Å². The van der Waals surface area contributed by atoms with Crippen LogP contribution >= 0.6 is 0 Å². The van der Waals surface area contributed by atoms with Crippen molar-refractivity contribution in [2.75, 3.05) is 13.1 Å². The predicted molar refractivity (Wildman–Crippen MR) is 76.4 cm³/mol. The monoisotopic (exact) mass is 282 g/mol. The molecule has 0 aromatic carbocycles. The molecule has 5 nitrogen and oxygen atoms in total. The molecule has 1 heterocycles. The molecule has 0 bridgehead atoms. The van der Waals surface area contributed by atoms with Gasteiger partial charge in [0.15, 0.2) is 0 Å². The van der Waals surface area contributed by atoms with Gasteiger partial charge in [0.2, 0.25) is 5.91 Å². The van der Waals surface area contributed by atoms with Crippen LogP contribution in [-0.4, -0.2) is 36.1 Å². The molecular weight excluding hydrogens is 256 g/mol. The van der Waals surface area contributed by atoms with Crippen LogP contribution in [0.5, 0.6) is 0 Å². The van der Waals surface area contributed by atoms with Gasteiger partial charge in [0, 0.05) is 6.54 Å². The minimum atomic E-state index is -0.765. The Morgan fingerprint density at radius 2 is 2.05 bits per heavy atom. The summed E-state index contributed by atoms with van der Waals surface area (Å²) in [6, 6.07) is -0.152. The zero-order valence-electron chi connectivity index (χ0n) is 12.3. The normalized spacial score (nSPS) is 29.1. The Morgan fingerprint density at radius 1 is 1.35 bits per heavy atom. The molecule has 1 saturated carbocycles. The van der Waals surface area contributed by atoms with E-state index < -0.39 is 11.4 Å². The van der Waals surface area contributed by atoms with Gasteiger partial charge in [0.05, 0.1) is 11.5 Å². The number of hydrogen-bond donors (Lipinski definition) is 3. The number of carboxylic acid groups (broad SMARTS) is 1. The summed E-state index contributed by atoms with van der Waals surface area (Å²) in [7, 11) is 0. The van der Waals surface area contributed by atoms with Crippen LogP contribution in [0.2, 0.25) is 0 Å². The maximum absolute atomic E-state index is 12.2. The van der Waals surface area contributed by atoms with Crippen molar-refractivity contribution in [3.63, 3.8) is 0 Å². The molecule has 1 amide bonds. The second-order valence-electron chi connectivity index (χ2n) is 6.32. The van der Waals surface area contributed by atoms with Gasteiger partial charge in [0.1, 0.15) is 0 Å². The second kappa shape index (κ2) is 6.57. The van der Waals surface area contributed by atoms with E-state index >= 15 is 0 Å². The van der Waals surface area contributed by atoms with Crippen molar-refractivity contribution in [3.8, 4) is 0 Å². The van der Waals surface area contributed by atoms with Crippen LogP contribution < -0.4 is 10.6 Å². The van der Waals surface area contributed by atoms with E-state index in [2.05, 4.69) is 17.6 Å². The summed E-state index contributed by atoms with van der Waals surface area (Å²) in [5, 5.41) is 15.5. The van der Waals surface area contributed by atoms with Gasteiger partial charge in [0.25, 0.3) is 0 Å². The molecule has 3 N–H and O–H groups in total. The first-order valence-corrected chi connectivity index (χ1v) is 7.82. The molecule has 1 aliphatic heterocycles. The fourth-order valence-electron chi connectivity index (χ4n) is 3.46. The number of hydrogen-bond acceptors (Lipinski definition) is 3. The number of piperidine rings is 1. The lowest BCUT2D eigenvalue weighted by Gasteiger charge is -2.30. The number of nitrogens with one attached hydrogen (secondary N) is 2. The van der Waals surface area contributed by atoms with Crippen LogP contribution in [0.1, 0.15) is 51.9 Å². The highest BCUT2D eigenvalue weighted by Crippen LogP contribution is 2.37. The van der Waals surface area contributed by atoms with E-state index in [1.165, 1.54) is 0 Å². The SMILES string of the molecule is CCC1CCNC(C(=O)NCC2(C(=O)O)CCCC2)C1. The molecule has 20 heavy (non-hydrogen) atoms. The quantitative estimate of drug-likeness (QED) is 0.714. The molecule has 0 spiro atoms. The van der Waals surface area contributed by atoms with Gasteiger partial charge in [-0.2, -0.15) is 0 Å². The van der Waals surface area contributed by atoms with Crippen LogP contribution in [0.15, 0.2) is 0 Å². The Kier molecular flexibility index (Phi) is 5.02. The molecule has 2 rings (SSSR count). The van der Waals surface area contributed by atoms with Crippen molar-refractivity contribution >= 4 is 11.9 Å². The molecule has 2 unspecified atom stereocenters. The number of carbonyl (C=O) groups excluding carboxylic acids is 1. The molecule has 2 aliphatic rings. The molecule has 5 heteroatoms. The van der Waals surface area contributed by atoms with E-state index in [1.807, 2.05) is 0 Å². The summed E-state index contributed by atoms with van der Waals surface area (Å²) in [5.41, 5.74) is -0.728. The average molecular weight is 282 g/mol. The van der Waals surface area contributed by atoms with Crippen LogP contribution in [-0.2, 0) is 9.59 Å². The van der Waals surface area contributed by atoms with Gasteiger partial charge >= 0.3 is 5.97 Å². The summed E-state index contributed by atoms with van der Waals surface area (Å²) in [4.78, 5) is 23.7. The third-order valence-corrected chi connectivity index (χ3v) is 5.02. The van der Waals surface area contributed by atoms with Crippen molar-refractivity contribution in [1.82, 2.24) is 10.6 Å². The molecular formula is C15H26N2O3. The van der Waals surface area contributed by atoms with E-state index in [0.29, 0.717) is 18.8 Å². The molecule has 0 aromatic heterocycles. The maximum Gasteiger partial charge on any atom is 0.311 e. The average Bonchev–Trinajstić information content (AvgIpc) is 2.95. The molecule has 2 atom stereocenters. The van der Waals surface area contributed by atoms with Crippen molar-refractivity contribution in [1.29, 1.82) is 0 Å². The first-order valence-electron chi connectivity index (χ1n) is 7.82. The smallest absolute Gasteiger partial charge is 0.311 e. The van der Waals surface area contributed by atoms with E-state index in [-0.39, 0.29) is 18.5 Å². The van der Waals surface area contributed by atoms with Crippen LogP contribution in [0.3, 0.4) is 0 Å². The van der Waals surface area contributed by atoms with Gasteiger partial charge < -0.3 is 15.7 Å². The summed E-state index contributed by atoms with van der Waals surface area (Å²) in [6.45, 7) is 3.31. The molecule has 114 valence electrons. The first kappa shape index (κ1) is 15.3. The highest BCUT2D eigenvalue weighted by molar-refractivity contribution is 5.83. The Balaban J connectivity index is 1.86. The number of amides is 1. The zero-order chi connectivity index (χ0) is 14.6. The largest absolute Gasteiger partial charge is 0.481 e. The van der Waals surface area contributed by atoms with Crippen molar-refractivity contribution in [2.24, 2.45) is 11.3 Å². The Labute approximate surface area is 120 Å². The van der Waals surface area contributed by atoms with E-state index in [4.69, 9.17) is 0 Å². The highest BCUT2D eigenvalue weighted by Gasteiger charge is 2.41. The molecule has 1 saturated heterocycles. The second-order valence-corrected chi connectivity index (χ2v) is 6.32. The van der Waals surface area contributed by atoms with E-state index in [0.717, 1.165) is 38.6 Å². The Bertz CT molecular complexity index is 364. The number of aliphatic carboxylic acids is 1. The standard InChI is InChI=1S/C15H26N2O3/c1-2-11-5-8-16-12(9-11)13(18)17-10-15(14(19)20)6-3-4-7-15/h11-12,16H,2-10H2,1H3,(H,17,18)(H,19,20). The maximum atomic E-state index is 12.2. The molecule has 2 fully saturated rings. The minimum Gasteiger partial charge on any atom is -0.481 e. The molecule has 0 radical (unpaired) electrons. The molecule has 1 aliphatic carbocycles. The summed E-state index contributed by atoms with van der Waals surface area (Å²) in [5.74, 6) is -0.194. The third-order valence-electron chi connectivity index (χ3n) is 5.02. The number of carbonyl (C=O) groups is 2. The van der Waals surface area contributed by atoms with Crippen molar-refractivity contribution in [2.45, 2.75) is 57.9 Å². The lowest BCUT2D eigenvalue weighted by atomic mass is 9.85. The summed E-state index contributed by atoms with van der Waals surface area (Å²) < 4.78 is 0. The Morgan fingerprint density at radius 3 is 2.65 bits per heavy atom. The number of carboxylic acids is 1. The summed E-state index contributed by atoms with van der Waals surface area (Å²) >= 11 is 0. The molecule has 0 aromatic rings. The van der Waals surface area contributed by atoms with E-state index in [9.17, 15) is 14.7 Å². The topological polar surface area (TPSA) is 78.4 Å². The highest BCUT2D eigenvalue weighted by atomic mass is 16.4. The van der Waals surface area contributed by atoms with Gasteiger partial charge in [-0.3, -0.25) is 9.59 Å². The minimum absolute atomic E-state index is 0.0318. The fourth-order valence-corrected chi connectivity index (χ4v) is 3.46.